The summed E-state index contributed by atoms with van der Waals surface area (Å²) in [6, 6.07) is 3.19. The molecule has 5 rings (SSSR count). The lowest BCUT2D eigenvalue weighted by Crippen LogP contribution is -2.33. The fourth-order valence-electron chi connectivity index (χ4n) is 3.86. The summed E-state index contributed by atoms with van der Waals surface area (Å²) in [6.07, 6.45) is 3.68. The monoisotopic (exact) mass is 401 g/mol. The average molecular weight is 401 g/mol. The highest BCUT2D eigenvalue weighted by molar-refractivity contribution is 7.89. The van der Waals surface area contributed by atoms with Gasteiger partial charge in [-0.15, -0.1) is 0 Å². The van der Waals surface area contributed by atoms with Gasteiger partial charge in [-0.1, -0.05) is 0 Å². The van der Waals surface area contributed by atoms with Crippen LogP contribution in [-0.2, 0) is 22.9 Å². The van der Waals surface area contributed by atoms with Gasteiger partial charge in [0.25, 0.3) is 10.0 Å². The second-order valence-corrected chi connectivity index (χ2v) is 9.55. The van der Waals surface area contributed by atoms with Crippen LogP contribution in [0.25, 0.3) is 11.5 Å². The van der Waals surface area contributed by atoms with E-state index >= 15 is 0 Å². The number of fused-ring (bicyclic) bond motifs is 1. The van der Waals surface area contributed by atoms with Crippen molar-refractivity contribution in [3.63, 3.8) is 0 Å². The molecule has 28 heavy (non-hydrogen) atoms. The van der Waals surface area contributed by atoms with Crippen LogP contribution in [0, 0.1) is 13.8 Å². The number of hydrogen-bond acceptors (Lipinski definition) is 5. The second kappa shape index (κ2) is 6.31. The SMILES string of the molecule is Cc1[nH]nc(-c2ccc(S(=O)(=O)N3CCc4[nH]nc(C5CC5)c4CC3)o2)c1C. The summed E-state index contributed by atoms with van der Waals surface area (Å²) in [5.74, 6) is 1.01. The molecule has 0 atom stereocenters. The van der Waals surface area contributed by atoms with Gasteiger partial charge in [0.15, 0.2) is 5.76 Å². The summed E-state index contributed by atoms with van der Waals surface area (Å²) >= 11 is 0. The van der Waals surface area contributed by atoms with E-state index in [9.17, 15) is 8.42 Å². The molecule has 2 N–H and O–H groups in total. The van der Waals surface area contributed by atoms with Gasteiger partial charge in [0.05, 0.1) is 5.69 Å². The predicted molar refractivity (Wildman–Crippen MR) is 102 cm³/mol. The van der Waals surface area contributed by atoms with Crippen molar-refractivity contribution in [2.24, 2.45) is 0 Å². The highest BCUT2D eigenvalue weighted by Gasteiger charge is 2.34. The van der Waals surface area contributed by atoms with Gasteiger partial charge in [-0.25, -0.2) is 8.42 Å². The fraction of sp³-hybridized carbons (Fsp3) is 0.474. The van der Waals surface area contributed by atoms with Crippen LogP contribution in [0.2, 0.25) is 0 Å². The van der Waals surface area contributed by atoms with E-state index in [2.05, 4.69) is 20.4 Å². The lowest BCUT2D eigenvalue weighted by atomic mass is 10.1. The molecule has 148 valence electrons. The third kappa shape index (κ3) is 2.80. The van der Waals surface area contributed by atoms with Crippen molar-refractivity contribution in [3.05, 3.63) is 40.3 Å². The zero-order valence-electron chi connectivity index (χ0n) is 15.9. The lowest BCUT2D eigenvalue weighted by Gasteiger charge is -2.18. The number of furan rings is 1. The number of hydrogen-bond donors (Lipinski definition) is 2. The lowest BCUT2D eigenvalue weighted by molar-refractivity contribution is 0.390. The highest BCUT2D eigenvalue weighted by atomic mass is 32.2. The summed E-state index contributed by atoms with van der Waals surface area (Å²) in [6.45, 7) is 4.70. The Morgan fingerprint density at radius 1 is 1.11 bits per heavy atom. The smallest absolute Gasteiger partial charge is 0.276 e. The van der Waals surface area contributed by atoms with Crippen LogP contribution in [-0.4, -0.2) is 46.2 Å². The quantitative estimate of drug-likeness (QED) is 0.699. The van der Waals surface area contributed by atoms with E-state index in [1.165, 1.54) is 28.8 Å². The van der Waals surface area contributed by atoms with Crippen molar-refractivity contribution < 1.29 is 12.8 Å². The molecule has 4 heterocycles. The Hall–Kier alpha value is -2.39. The Kier molecular flexibility index (Phi) is 3.99. The number of sulfonamides is 1. The van der Waals surface area contributed by atoms with Crippen LogP contribution in [0.5, 0.6) is 0 Å². The molecule has 9 heteroatoms. The van der Waals surface area contributed by atoms with Crippen molar-refractivity contribution in [2.75, 3.05) is 13.1 Å². The second-order valence-electron chi connectivity index (χ2n) is 7.69. The molecule has 0 bridgehead atoms. The fourth-order valence-corrected chi connectivity index (χ4v) is 5.21. The number of aryl methyl sites for hydroxylation is 1. The minimum atomic E-state index is -3.70. The largest absolute Gasteiger partial charge is 0.442 e. The first-order chi connectivity index (χ1) is 13.4. The van der Waals surface area contributed by atoms with Gasteiger partial charge in [0.1, 0.15) is 5.69 Å². The number of nitrogens with one attached hydrogen (secondary N) is 2. The van der Waals surface area contributed by atoms with E-state index < -0.39 is 10.0 Å². The molecule has 3 aromatic heterocycles. The Labute approximate surface area is 163 Å². The number of nitrogens with zero attached hydrogens (tertiary/aromatic N) is 3. The van der Waals surface area contributed by atoms with E-state index in [-0.39, 0.29) is 5.09 Å². The van der Waals surface area contributed by atoms with Crippen molar-refractivity contribution in [1.29, 1.82) is 0 Å². The number of H-pyrrole nitrogens is 2. The summed E-state index contributed by atoms with van der Waals surface area (Å²) in [5.41, 5.74) is 5.95. The summed E-state index contributed by atoms with van der Waals surface area (Å²) in [7, 11) is -3.70. The third-order valence-corrected chi connectivity index (χ3v) is 7.61. The Bertz CT molecular complexity index is 1140. The Balaban J connectivity index is 1.39. The van der Waals surface area contributed by atoms with Crippen molar-refractivity contribution in [3.8, 4) is 11.5 Å². The van der Waals surface area contributed by atoms with Gasteiger partial charge in [-0.3, -0.25) is 10.2 Å². The molecule has 0 unspecified atom stereocenters. The minimum Gasteiger partial charge on any atom is -0.442 e. The molecule has 1 aliphatic heterocycles. The zero-order valence-corrected chi connectivity index (χ0v) is 16.8. The van der Waals surface area contributed by atoms with Gasteiger partial charge in [0, 0.05) is 42.4 Å². The highest BCUT2D eigenvalue weighted by Crippen LogP contribution is 2.42. The van der Waals surface area contributed by atoms with Crippen LogP contribution in [0.4, 0.5) is 0 Å². The molecule has 0 saturated heterocycles. The average Bonchev–Trinajstić information content (AvgIpc) is 3.20. The Morgan fingerprint density at radius 2 is 1.89 bits per heavy atom. The first-order valence-electron chi connectivity index (χ1n) is 9.63. The molecule has 2 aliphatic rings. The van der Waals surface area contributed by atoms with Crippen LogP contribution in [0.1, 0.15) is 47.0 Å². The molecule has 1 fully saturated rings. The number of aromatic nitrogens is 4. The molecule has 0 radical (unpaired) electrons. The number of rotatable bonds is 4. The standard InChI is InChI=1S/C19H23N5O3S/c1-11-12(2)20-22-18(11)16-5-6-17(27-16)28(25,26)24-9-7-14-15(8-10-24)21-23-19(14)13-3-4-13/h5-6,13H,3-4,7-10H2,1-2H3,(H,20,22)(H,21,23). The molecule has 3 aromatic rings. The van der Waals surface area contributed by atoms with E-state index in [1.54, 1.807) is 6.07 Å². The first kappa shape index (κ1) is 17.7. The van der Waals surface area contributed by atoms with Gasteiger partial charge in [-0.2, -0.15) is 14.5 Å². The zero-order chi connectivity index (χ0) is 19.5. The molecular weight excluding hydrogens is 378 g/mol. The maximum absolute atomic E-state index is 13.2. The van der Waals surface area contributed by atoms with Gasteiger partial charge >= 0.3 is 0 Å². The summed E-state index contributed by atoms with van der Waals surface area (Å²) in [5, 5.41) is 14.7. The van der Waals surface area contributed by atoms with Gasteiger partial charge in [0.2, 0.25) is 5.09 Å². The Morgan fingerprint density at radius 3 is 2.61 bits per heavy atom. The van der Waals surface area contributed by atoms with Crippen LogP contribution in [0.3, 0.4) is 0 Å². The summed E-state index contributed by atoms with van der Waals surface area (Å²) < 4.78 is 33.6. The number of aromatic amines is 2. The van der Waals surface area contributed by atoms with E-state index in [0.717, 1.165) is 22.6 Å². The molecule has 0 amide bonds. The molecule has 0 aromatic carbocycles. The first-order valence-corrected chi connectivity index (χ1v) is 11.1. The van der Waals surface area contributed by atoms with Crippen molar-refractivity contribution >= 4 is 10.0 Å². The molecule has 8 nitrogen and oxygen atoms in total. The van der Waals surface area contributed by atoms with Gasteiger partial charge < -0.3 is 4.42 Å². The van der Waals surface area contributed by atoms with Crippen LogP contribution >= 0.6 is 0 Å². The molecular formula is C19H23N5O3S. The molecule has 1 aliphatic carbocycles. The van der Waals surface area contributed by atoms with Crippen LogP contribution in [0.15, 0.2) is 21.6 Å². The van der Waals surface area contributed by atoms with Crippen molar-refractivity contribution in [1.82, 2.24) is 24.7 Å². The van der Waals surface area contributed by atoms with E-state index in [4.69, 9.17) is 4.42 Å². The van der Waals surface area contributed by atoms with E-state index in [1.807, 2.05) is 13.8 Å². The maximum Gasteiger partial charge on any atom is 0.276 e. The topological polar surface area (TPSA) is 108 Å². The molecule has 1 saturated carbocycles. The minimum absolute atomic E-state index is 0.0337. The maximum atomic E-state index is 13.2. The third-order valence-electron chi connectivity index (χ3n) is 5.83. The normalized spacial score (nSPS) is 18.2. The predicted octanol–water partition coefficient (Wildman–Crippen LogP) is 2.68. The van der Waals surface area contributed by atoms with Crippen LogP contribution < -0.4 is 0 Å². The van der Waals surface area contributed by atoms with Gasteiger partial charge in [-0.05, 0) is 50.8 Å². The summed E-state index contributed by atoms with van der Waals surface area (Å²) in [4.78, 5) is 0. The molecule has 0 spiro atoms. The van der Waals surface area contributed by atoms with Crippen molar-refractivity contribution in [2.45, 2.75) is 50.5 Å². The van der Waals surface area contributed by atoms with E-state index in [0.29, 0.717) is 43.3 Å².